The molecule has 0 atom stereocenters. The van der Waals surface area contributed by atoms with E-state index in [9.17, 15) is 4.39 Å². The molecule has 2 fully saturated rings. The second-order valence-electron chi connectivity index (χ2n) is 9.04. The summed E-state index contributed by atoms with van der Waals surface area (Å²) in [7, 11) is 0. The van der Waals surface area contributed by atoms with Crippen molar-refractivity contribution in [2.24, 2.45) is 17.8 Å². The lowest BCUT2D eigenvalue weighted by atomic mass is 9.68. The molecule has 0 aromatic heterocycles. The predicted octanol–water partition coefficient (Wildman–Crippen LogP) is 8.03. The summed E-state index contributed by atoms with van der Waals surface area (Å²) in [5.74, 6) is 3.42. The van der Waals surface area contributed by atoms with E-state index >= 15 is 0 Å². The van der Waals surface area contributed by atoms with E-state index in [0.29, 0.717) is 6.42 Å². The van der Waals surface area contributed by atoms with Gasteiger partial charge in [-0.2, -0.15) is 0 Å². The van der Waals surface area contributed by atoms with Crippen LogP contribution in [0.15, 0.2) is 36.4 Å². The van der Waals surface area contributed by atoms with E-state index in [1.165, 1.54) is 76.2 Å². The molecule has 2 aliphatic carbocycles. The topological polar surface area (TPSA) is 0 Å². The number of halogens is 1. The molecule has 0 aliphatic heterocycles. The second kappa shape index (κ2) is 11.0. The maximum absolute atomic E-state index is 12.2. The van der Waals surface area contributed by atoms with Gasteiger partial charge in [-0.1, -0.05) is 49.8 Å². The fourth-order valence-electron chi connectivity index (χ4n) is 5.42. The number of rotatable bonds is 8. The van der Waals surface area contributed by atoms with Gasteiger partial charge >= 0.3 is 0 Å². The minimum atomic E-state index is -0.212. The molecule has 0 N–H and O–H groups in total. The molecule has 0 radical (unpaired) electrons. The molecule has 3 rings (SSSR count). The Labute approximate surface area is 166 Å². The van der Waals surface area contributed by atoms with Crippen molar-refractivity contribution in [1.29, 1.82) is 0 Å². The van der Waals surface area contributed by atoms with Crippen molar-refractivity contribution in [2.45, 2.75) is 89.9 Å². The molecule has 1 aromatic carbocycles. The van der Waals surface area contributed by atoms with Gasteiger partial charge in [0.05, 0.1) is 6.67 Å². The highest BCUT2D eigenvalue weighted by atomic mass is 19.1. The smallest absolute Gasteiger partial charge is 0.0928 e. The summed E-state index contributed by atoms with van der Waals surface area (Å²) >= 11 is 0. The first kappa shape index (κ1) is 20.6. The highest BCUT2D eigenvalue weighted by Crippen LogP contribution is 2.44. The summed E-state index contributed by atoms with van der Waals surface area (Å²) in [6, 6.07) is 9.56. The summed E-state index contributed by atoms with van der Waals surface area (Å²) in [4.78, 5) is 0. The number of hydrogen-bond acceptors (Lipinski definition) is 0. The Balaban J connectivity index is 1.41. The molecular formula is C26H39F. The van der Waals surface area contributed by atoms with Crippen LogP contribution in [0.25, 0.3) is 0 Å². The number of unbranched alkanes of at least 4 members (excludes halogenated alkanes) is 1. The van der Waals surface area contributed by atoms with Crippen molar-refractivity contribution in [1.82, 2.24) is 0 Å². The van der Waals surface area contributed by atoms with Crippen LogP contribution in [0.4, 0.5) is 4.39 Å². The van der Waals surface area contributed by atoms with Gasteiger partial charge in [-0.25, -0.2) is 0 Å². The Hall–Kier alpha value is -1.11. The van der Waals surface area contributed by atoms with Gasteiger partial charge in [0.2, 0.25) is 0 Å². The molecule has 1 heteroatoms. The van der Waals surface area contributed by atoms with Crippen molar-refractivity contribution in [2.75, 3.05) is 6.67 Å². The van der Waals surface area contributed by atoms with Crippen LogP contribution in [0.3, 0.4) is 0 Å². The molecule has 0 heterocycles. The minimum Gasteiger partial charge on any atom is -0.251 e. The van der Waals surface area contributed by atoms with E-state index in [-0.39, 0.29) is 6.67 Å². The normalized spacial score (nSPS) is 29.3. The van der Waals surface area contributed by atoms with E-state index in [1.807, 2.05) is 0 Å². The van der Waals surface area contributed by atoms with E-state index in [1.54, 1.807) is 5.56 Å². The van der Waals surface area contributed by atoms with Gasteiger partial charge < -0.3 is 0 Å². The molecule has 0 spiro atoms. The van der Waals surface area contributed by atoms with E-state index in [2.05, 4.69) is 43.3 Å². The lowest BCUT2D eigenvalue weighted by Crippen LogP contribution is -2.25. The van der Waals surface area contributed by atoms with Gasteiger partial charge in [-0.3, -0.25) is 4.39 Å². The Kier molecular flexibility index (Phi) is 8.42. The first-order chi connectivity index (χ1) is 13.3. The highest BCUT2D eigenvalue weighted by molar-refractivity contribution is 5.26. The molecule has 2 saturated carbocycles. The third kappa shape index (κ3) is 6.19. The van der Waals surface area contributed by atoms with Gasteiger partial charge in [0.1, 0.15) is 0 Å². The second-order valence-corrected chi connectivity index (χ2v) is 9.04. The zero-order valence-corrected chi connectivity index (χ0v) is 17.3. The number of aryl methyl sites for hydroxylation is 1. The quantitative estimate of drug-likeness (QED) is 0.406. The summed E-state index contributed by atoms with van der Waals surface area (Å²) in [5.41, 5.74) is 3.09. The molecule has 150 valence electrons. The number of hydrogen-bond donors (Lipinski definition) is 0. The van der Waals surface area contributed by atoms with Gasteiger partial charge in [-0.15, -0.1) is 0 Å². The zero-order valence-electron chi connectivity index (χ0n) is 17.3. The number of alkyl halides is 1. The molecule has 27 heavy (non-hydrogen) atoms. The Morgan fingerprint density at radius 2 is 1.52 bits per heavy atom. The Bertz CT molecular complexity index is 542. The third-order valence-electron chi connectivity index (χ3n) is 7.21. The van der Waals surface area contributed by atoms with Crippen molar-refractivity contribution in [3.8, 4) is 0 Å². The van der Waals surface area contributed by atoms with Crippen LogP contribution in [0.2, 0.25) is 0 Å². The summed E-state index contributed by atoms with van der Waals surface area (Å²) in [6.45, 7) is 2.05. The predicted molar refractivity (Wildman–Crippen MR) is 115 cm³/mol. The molecule has 0 saturated heterocycles. The van der Waals surface area contributed by atoms with Crippen molar-refractivity contribution in [3.63, 3.8) is 0 Å². The van der Waals surface area contributed by atoms with Crippen molar-refractivity contribution >= 4 is 0 Å². The average molecular weight is 371 g/mol. The number of allylic oxidation sites excluding steroid dienone is 2. The van der Waals surface area contributed by atoms with Crippen LogP contribution < -0.4 is 0 Å². The zero-order chi connectivity index (χ0) is 18.9. The average Bonchev–Trinajstić information content (AvgIpc) is 2.73. The van der Waals surface area contributed by atoms with Crippen molar-refractivity contribution in [3.05, 3.63) is 47.5 Å². The highest BCUT2D eigenvalue weighted by Gasteiger charge is 2.30. The SMILES string of the molecule is CCCCc1ccc(C2CCC([C@H]3CC[C@H](/C=C/CCF)CC3)CC2)cc1. The monoisotopic (exact) mass is 370 g/mol. The van der Waals surface area contributed by atoms with Gasteiger partial charge in [0.15, 0.2) is 0 Å². The van der Waals surface area contributed by atoms with E-state index < -0.39 is 0 Å². The standard InChI is InChI=1S/C26H39F/c1-2-3-6-21-8-12-23(13-9-21)25-16-18-26(19-17-25)24-14-10-22(11-15-24)7-4-5-20-27/h4,7-9,12-13,22,24-26H,2-3,5-6,10-11,14-20H2,1H3/b7-4+/t22-,24-,25?,26?. The summed E-state index contributed by atoms with van der Waals surface area (Å²) < 4.78 is 12.2. The molecule has 0 nitrogen and oxygen atoms in total. The van der Waals surface area contributed by atoms with E-state index in [0.717, 1.165) is 23.7 Å². The maximum Gasteiger partial charge on any atom is 0.0928 e. The molecule has 0 unspecified atom stereocenters. The third-order valence-corrected chi connectivity index (χ3v) is 7.21. The largest absolute Gasteiger partial charge is 0.251 e. The molecule has 2 aliphatic rings. The molecule has 0 amide bonds. The lowest BCUT2D eigenvalue weighted by molar-refractivity contribution is 0.171. The van der Waals surface area contributed by atoms with Gasteiger partial charge in [0, 0.05) is 0 Å². The first-order valence-corrected chi connectivity index (χ1v) is 11.6. The van der Waals surface area contributed by atoms with Crippen LogP contribution in [-0.2, 0) is 6.42 Å². The lowest BCUT2D eigenvalue weighted by Gasteiger charge is -2.37. The van der Waals surface area contributed by atoms with Crippen LogP contribution in [0, 0.1) is 17.8 Å². The summed E-state index contributed by atoms with van der Waals surface area (Å²) in [6.07, 6.45) is 19.8. The summed E-state index contributed by atoms with van der Waals surface area (Å²) in [5, 5.41) is 0. The van der Waals surface area contributed by atoms with Crippen LogP contribution in [0.5, 0.6) is 0 Å². The Morgan fingerprint density at radius 1 is 0.889 bits per heavy atom. The first-order valence-electron chi connectivity index (χ1n) is 11.6. The van der Waals surface area contributed by atoms with Crippen LogP contribution in [0.1, 0.15) is 94.6 Å². The van der Waals surface area contributed by atoms with Crippen molar-refractivity contribution < 1.29 is 4.39 Å². The van der Waals surface area contributed by atoms with Gasteiger partial charge in [0.25, 0.3) is 0 Å². The van der Waals surface area contributed by atoms with E-state index in [4.69, 9.17) is 0 Å². The molecular weight excluding hydrogens is 331 g/mol. The fourth-order valence-corrected chi connectivity index (χ4v) is 5.42. The van der Waals surface area contributed by atoms with Gasteiger partial charge in [-0.05, 0) is 105 Å². The maximum atomic E-state index is 12.2. The molecule has 0 bridgehead atoms. The van der Waals surface area contributed by atoms with Crippen LogP contribution in [-0.4, -0.2) is 6.67 Å². The van der Waals surface area contributed by atoms with Crippen LogP contribution >= 0.6 is 0 Å². The number of benzene rings is 1. The minimum absolute atomic E-state index is 0.212. The molecule has 1 aromatic rings. The fraction of sp³-hybridized carbons (Fsp3) is 0.692. The Morgan fingerprint density at radius 3 is 2.11 bits per heavy atom.